The molecule has 1 aromatic carbocycles. The molecule has 0 saturated carbocycles. The molecule has 2 aromatic heterocycles. The number of rotatable bonds is 6. The first-order valence-electron chi connectivity index (χ1n) is 9.56. The van der Waals surface area contributed by atoms with Crippen LogP contribution in [0.4, 0.5) is 11.5 Å². The lowest BCUT2D eigenvalue weighted by Gasteiger charge is -2.37. The molecule has 0 amide bonds. The summed E-state index contributed by atoms with van der Waals surface area (Å²) >= 11 is 0. The third-order valence-electron chi connectivity index (χ3n) is 5.17. The molecule has 29 heavy (non-hydrogen) atoms. The zero-order valence-electron chi connectivity index (χ0n) is 16.1. The normalized spacial score (nSPS) is 16.0. The smallest absolute Gasteiger partial charge is 0.311 e. The maximum atomic E-state index is 11.3. The number of hydrogen-bond donors (Lipinski definition) is 0. The Balaban J connectivity index is 1.38. The quantitative estimate of drug-likeness (QED) is 0.465. The average Bonchev–Trinajstić information content (AvgIpc) is 3.22. The molecule has 1 aliphatic heterocycles. The second-order valence-electron chi connectivity index (χ2n) is 7.01. The lowest BCUT2D eigenvalue weighted by molar-refractivity contribution is -0.384. The predicted octanol–water partition coefficient (Wildman–Crippen LogP) is 2.85. The van der Waals surface area contributed by atoms with Crippen molar-refractivity contribution in [1.82, 2.24) is 20.0 Å². The van der Waals surface area contributed by atoms with Crippen molar-refractivity contribution in [2.75, 3.05) is 31.1 Å². The van der Waals surface area contributed by atoms with Crippen molar-refractivity contribution in [3.63, 3.8) is 0 Å². The van der Waals surface area contributed by atoms with Gasteiger partial charge in [-0.05, 0) is 18.6 Å². The van der Waals surface area contributed by atoms with E-state index in [2.05, 4.69) is 20.0 Å². The Kier molecular flexibility index (Phi) is 5.48. The number of piperazine rings is 1. The number of hydrogen-bond acceptors (Lipinski definition) is 8. The molecule has 150 valence electrons. The van der Waals surface area contributed by atoms with Crippen molar-refractivity contribution >= 4 is 11.5 Å². The van der Waals surface area contributed by atoms with Gasteiger partial charge in [-0.25, -0.2) is 4.98 Å². The zero-order chi connectivity index (χ0) is 20.2. The van der Waals surface area contributed by atoms with Gasteiger partial charge in [0.05, 0.1) is 11.0 Å². The summed E-state index contributed by atoms with van der Waals surface area (Å²) < 4.78 is 5.50. The molecule has 0 bridgehead atoms. The van der Waals surface area contributed by atoms with E-state index < -0.39 is 0 Å². The SMILES string of the molecule is C[C@H](c1nc(Cc2ccccc2)no1)N1CCN(c2ncccc2[N+](=O)[O-])CC1. The molecule has 0 radical (unpaired) electrons. The molecule has 0 spiro atoms. The largest absolute Gasteiger partial charge is 0.348 e. The Morgan fingerprint density at radius 3 is 2.62 bits per heavy atom. The lowest BCUT2D eigenvalue weighted by Crippen LogP contribution is -2.47. The number of benzene rings is 1. The van der Waals surface area contributed by atoms with Gasteiger partial charge in [0.25, 0.3) is 0 Å². The first-order valence-corrected chi connectivity index (χ1v) is 9.56. The van der Waals surface area contributed by atoms with E-state index in [-0.39, 0.29) is 16.7 Å². The summed E-state index contributed by atoms with van der Waals surface area (Å²) in [6.45, 7) is 4.79. The van der Waals surface area contributed by atoms with Gasteiger partial charge in [-0.1, -0.05) is 35.5 Å². The molecule has 9 nitrogen and oxygen atoms in total. The van der Waals surface area contributed by atoms with Crippen LogP contribution in [0, 0.1) is 10.1 Å². The third kappa shape index (κ3) is 4.24. The van der Waals surface area contributed by atoms with Crippen LogP contribution in [-0.2, 0) is 6.42 Å². The highest BCUT2D eigenvalue weighted by Gasteiger charge is 2.29. The minimum Gasteiger partial charge on any atom is -0.348 e. The van der Waals surface area contributed by atoms with Crippen LogP contribution in [0.25, 0.3) is 0 Å². The second-order valence-corrected chi connectivity index (χ2v) is 7.01. The van der Waals surface area contributed by atoms with Gasteiger partial charge in [0.2, 0.25) is 11.7 Å². The minimum absolute atomic E-state index is 0.0205. The number of aromatic nitrogens is 3. The Morgan fingerprint density at radius 2 is 1.90 bits per heavy atom. The number of anilines is 1. The van der Waals surface area contributed by atoms with Crippen molar-refractivity contribution < 1.29 is 9.45 Å². The highest BCUT2D eigenvalue weighted by atomic mass is 16.6. The van der Waals surface area contributed by atoms with Gasteiger partial charge in [0, 0.05) is 44.9 Å². The van der Waals surface area contributed by atoms with Gasteiger partial charge in [0.15, 0.2) is 5.82 Å². The van der Waals surface area contributed by atoms with Gasteiger partial charge >= 0.3 is 5.69 Å². The molecule has 9 heteroatoms. The maximum Gasteiger partial charge on any atom is 0.311 e. The highest BCUT2D eigenvalue weighted by Crippen LogP contribution is 2.27. The van der Waals surface area contributed by atoms with E-state index in [9.17, 15) is 10.1 Å². The maximum absolute atomic E-state index is 11.3. The summed E-state index contributed by atoms with van der Waals surface area (Å²) in [4.78, 5) is 23.8. The van der Waals surface area contributed by atoms with Gasteiger partial charge < -0.3 is 9.42 Å². The molecule has 0 unspecified atom stereocenters. The first-order chi connectivity index (χ1) is 14.1. The van der Waals surface area contributed by atoms with E-state index in [0.717, 1.165) is 18.7 Å². The van der Waals surface area contributed by atoms with Crippen LogP contribution >= 0.6 is 0 Å². The fraction of sp³-hybridized carbons (Fsp3) is 0.350. The molecule has 1 saturated heterocycles. The summed E-state index contributed by atoms with van der Waals surface area (Å²) in [6.07, 6.45) is 2.22. The van der Waals surface area contributed by atoms with Crippen molar-refractivity contribution in [3.05, 3.63) is 76.1 Å². The van der Waals surface area contributed by atoms with Crippen molar-refractivity contribution in [2.24, 2.45) is 0 Å². The van der Waals surface area contributed by atoms with E-state index >= 15 is 0 Å². The molecule has 1 atom stereocenters. The van der Waals surface area contributed by atoms with E-state index in [1.54, 1.807) is 12.3 Å². The van der Waals surface area contributed by atoms with Crippen molar-refractivity contribution in [3.8, 4) is 0 Å². The van der Waals surface area contributed by atoms with Crippen molar-refractivity contribution in [1.29, 1.82) is 0 Å². The Bertz CT molecular complexity index is 969. The Labute approximate surface area is 168 Å². The van der Waals surface area contributed by atoms with Gasteiger partial charge in [-0.2, -0.15) is 4.98 Å². The number of pyridine rings is 1. The Morgan fingerprint density at radius 1 is 1.14 bits per heavy atom. The topological polar surface area (TPSA) is 101 Å². The average molecular weight is 394 g/mol. The van der Waals surface area contributed by atoms with E-state index in [4.69, 9.17) is 4.52 Å². The summed E-state index contributed by atoms with van der Waals surface area (Å²) in [6, 6.07) is 13.1. The number of nitrogens with zero attached hydrogens (tertiary/aromatic N) is 6. The second kappa shape index (κ2) is 8.36. The van der Waals surface area contributed by atoms with Gasteiger partial charge in [-0.3, -0.25) is 15.0 Å². The van der Waals surface area contributed by atoms with Gasteiger partial charge in [0.1, 0.15) is 0 Å². The molecule has 0 N–H and O–H groups in total. The number of nitro groups is 1. The van der Waals surface area contributed by atoms with E-state index in [1.807, 2.05) is 42.2 Å². The first kappa shape index (κ1) is 19.0. The molecule has 3 heterocycles. The van der Waals surface area contributed by atoms with Crippen LogP contribution in [0.2, 0.25) is 0 Å². The fourth-order valence-corrected chi connectivity index (χ4v) is 3.54. The summed E-state index contributed by atoms with van der Waals surface area (Å²) in [7, 11) is 0. The van der Waals surface area contributed by atoms with Crippen LogP contribution in [0.3, 0.4) is 0 Å². The summed E-state index contributed by atoms with van der Waals surface area (Å²) in [5, 5.41) is 15.4. The highest BCUT2D eigenvalue weighted by molar-refractivity contribution is 5.57. The van der Waals surface area contributed by atoms with E-state index in [0.29, 0.717) is 37.0 Å². The summed E-state index contributed by atoms with van der Waals surface area (Å²) in [5.41, 5.74) is 1.18. The molecule has 0 aliphatic carbocycles. The molecule has 3 aromatic rings. The molecular weight excluding hydrogens is 372 g/mol. The van der Waals surface area contributed by atoms with E-state index in [1.165, 1.54) is 6.07 Å². The van der Waals surface area contributed by atoms with Crippen molar-refractivity contribution in [2.45, 2.75) is 19.4 Å². The van der Waals surface area contributed by atoms with Crippen LogP contribution in [-0.4, -0.2) is 51.1 Å². The third-order valence-corrected chi connectivity index (χ3v) is 5.17. The standard InChI is InChI=1S/C20H22N6O3/c1-15(20-22-18(23-29-20)14-16-6-3-2-4-7-16)24-10-12-25(13-11-24)19-17(26(27)28)8-5-9-21-19/h2-9,15H,10-14H2,1H3/t15-/m1/s1. The molecule has 1 fully saturated rings. The lowest BCUT2D eigenvalue weighted by atomic mass is 10.1. The predicted molar refractivity (Wildman–Crippen MR) is 107 cm³/mol. The Hall–Kier alpha value is -3.33. The summed E-state index contributed by atoms with van der Waals surface area (Å²) in [5.74, 6) is 1.68. The molecule has 1 aliphatic rings. The monoisotopic (exact) mass is 394 g/mol. The molecule has 4 rings (SSSR count). The van der Waals surface area contributed by atoms with Crippen LogP contribution in [0.15, 0.2) is 53.2 Å². The minimum atomic E-state index is -0.385. The van der Waals surface area contributed by atoms with Crippen LogP contribution in [0.5, 0.6) is 0 Å². The molecular formula is C20H22N6O3. The van der Waals surface area contributed by atoms with Gasteiger partial charge in [-0.15, -0.1) is 0 Å². The zero-order valence-corrected chi connectivity index (χ0v) is 16.1. The van der Waals surface area contributed by atoms with Crippen LogP contribution < -0.4 is 4.90 Å². The fourth-order valence-electron chi connectivity index (χ4n) is 3.54. The van der Waals surface area contributed by atoms with Crippen LogP contribution in [0.1, 0.15) is 30.2 Å².